The highest BCUT2D eigenvalue weighted by Gasteiger charge is 2.14. The van der Waals surface area contributed by atoms with E-state index in [1.54, 1.807) is 7.05 Å². The lowest BCUT2D eigenvalue weighted by Crippen LogP contribution is -2.01. The van der Waals surface area contributed by atoms with E-state index in [9.17, 15) is 14.5 Å². The number of nitrogens with zero attached hydrogens (tertiary/aromatic N) is 2. The molecule has 0 radical (unpaired) electrons. The number of benzene rings is 1. The van der Waals surface area contributed by atoms with Crippen molar-refractivity contribution in [2.45, 2.75) is 0 Å². The molecular formula is C12H9Cl2FN4O2. The van der Waals surface area contributed by atoms with Crippen LogP contribution in [0.15, 0.2) is 24.3 Å². The van der Waals surface area contributed by atoms with E-state index in [4.69, 9.17) is 23.2 Å². The molecule has 9 heteroatoms. The molecule has 2 N–H and O–H groups in total. The molecule has 0 saturated carbocycles. The quantitative estimate of drug-likeness (QED) is 0.648. The van der Waals surface area contributed by atoms with Gasteiger partial charge in [-0.05, 0) is 12.1 Å². The molecule has 21 heavy (non-hydrogen) atoms. The monoisotopic (exact) mass is 330 g/mol. The number of hydrogen-bond donors (Lipinski definition) is 2. The standard InChI is InChI=1S/C12H9Cl2FN4O2/c1-16-10-4-7(19(20)21)5-11(17-10)18-12-8(13)2-6(15)3-9(12)14/h2-5H,1H3,(H2,16,17,18). The summed E-state index contributed by atoms with van der Waals surface area (Å²) < 4.78 is 13.1. The van der Waals surface area contributed by atoms with E-state index in [-0.39, 0.29) is 27.2 Å². The number of aromatic nitrogens is 1. The number of pyridine rings is 1. The van der Waals surface area contributed by atoms with Gasteiger partial charge in [0, 0.05) is 7.05 Å². The Balaban J connectivity index is 2.44. The van der Waals surface area contributed by atoms with E-state index < -0.39 is 10.7 Å². The molecule has 2 rings (SSSR count). The van der Waals surface area contributed by atoms with Gasteiger partial charge in [-0.15, -0.1) is 0 Å². The first kappa shape index (κ1) is 15.3. The molecule has 0 saturated heterocycles. The molecule has 0 amide bonds. The van der Waals surface area contributed by atoms with Crippen molar-refractivity contribution >= 4 is 46.2 Å². The van der Waals surface area contributed by atoms with Crippen LogP contribution in [-0.2, 0) is 0 Å². The fraction of sp³-hybridized carbons (Fsp3) is 0.0833. The van der Waals surface area contributed by atoms with Crippen LogP contribution in [0.1, 0.15) is 0 Å². The molecule has 0 aliphatic rings. The second kappa shape index (κ2) is 6.11. The Hall–Kier alpha value is -2.12. The Morgan fingerprint density at radius 3 is 2.29 bits per heavy atom. The lowest BCUT2D eigenvalue weighted by atomic mass is 10.3. The molecule has 2 aromatic rings. The van der Waals surface area contributed by atoms with E-state index in [1.165, 1.54) is 12.1 Å². The van der Waals surface area contributed by atoms with Crippen LogP contribution in [0.25, 0.3) is 0 Å². The van der Waals surface area contributed by atoms with Crippen LogP contribution in [0.3, 0.4) is 0 Å². The average molecular weight is 331 g/mol. The molecule has 0 atom stereocenters. The first-order valence-corrected chi connectivity index (χ1v) is 6.42. The SMILES string of the molecule is CNc1cc([N+](=O)[O-])cc(Nc2c(Cl)cc(F)cc2Cl)n1. The van der Waals surface area contributed by atoms with Gasteiger partial charge in [-0.1, -0.05) is 23.2 Å². The minimum Gasteiger partial charge on any atom is -0.373 e. The Bertz CT molecular complexity index is 689. The maximum Gasteiger partial charge on any atom is 0.276 e. The van der Waals surface area contributed by atoms with Gasteiger partial charge in [0.1, 0.15) is 17.5 Å². The van der Waals surface area contributed by atoms with E-state index in [0.717, 1.165) is 12.1 Å². The number of nitro groups is 1. The van der Waals surface area contributed by atoms with Crippen molar-refractivity contribution in [3.05, 3.63) is 50.2 Å². The number of halogens is 3. The zero-order chi connectivity index (χ0) is 15.6. The Morgan fingerprint density at radius 1 is 1.19 bits per heavy atom. The number of anilines is 3. The van der Waals surface area contributed by atoms with Crippen LogP contribution in [0.4, 0.5) is 27.4 Å². The lowest BCUT2D eigenvalue weighted by Gasteiger charge is -2.11. The molecule has 0 unspecified atom stereocenters. The Morgan fingerprint density at radius 2 is 1.76 bits per heavy atom. The van der Waals surface area contributed by atoms with Crippen molar-refractivity contribution in [1.29, 1.82) is 0 Å². The van der Waals surface area contributed by atoms with Gasteiger partial charge in [-0.25, -0.2) is 9.37 Å². The lowest BCUT2D eigenvalue weighted by molar-refractivity contribution is -0.384. The summed E-state index contributed by atoms with van der Waals surface area (Å²) in [6.07, 6.45) is 0. The Kier molecular flexibility index (Phi) is 4.44. The zero-order valence-electron chi connectivity index (χ0n) is 10.7. The summed E-state index contributed by atoms with van der Waals surface area (Å²) in [7, 11) is 1.58. The van der Waals surface area contributed by atoms with Gasteiger partial charge in [-0.2, -0.15) is 0 Å². The van der Waals surface area contributed by atoms with Crippen molar-refractivity contribution < 1.29 is 9.31 Å². The highest BCUT2D eigenvalue weighted by Crippen LogP contribution is 2.34. The number of nitrogens with one attached hydrogen (secondary N) is 2. The van der Waals surface area contributed by atoms with Crippen molar-refractivity contribution in [2.24, 2.45) is 0 Å². The highest BCUT2D eigenvalue weighted by molar-refractivity contribution is 6.39. The van der Waals surface area contributed by atoms with Crippen molar-refractivity contribution in [2.75, 3.05) is 17.7 Å². The summed E-state index contributed by atoms with van der Waals surface area (Å²) in [4.78, 5) is 14.4. The average Bonchev–Trinajstić information content (AvgIpc) is 2.42. The fourth-order valence-corrected chi connectivity index (χ4v) is 2.16. The van der Waals surface area contributed by atoms with Gasteiger partial charge in [0.2, 0.25) is 0 Å². The summed E-state index contributed by atoms with van der Waals surface area (Å²) in [5.74, 6) is -0.136. The zero-order valence-corrected chi connectivity index (χ0v) is 12.2. The summed E-state index contributed by atoms with van der Waals surface area (Å²) in [5, 5.41) is 16.4. The maximum absolute atomic E-state index is 13.1. The Labute approximate surface area is 129 Å². The smallest absolute Gasteiger partial charge is 0.276 e. The second-order valence-electron chi connectivity index (χ2n) is 3.97. The molecule has 1 aromatic carbocycles. The van der Waals surface area contributed by atoms with E-state index in [2.05, 4.69) is 15.6 Å². The predicted octanol–water partition coefficient (Wildman–Crippen LogP) is 4.22. The van der Waals surface area contributed by atoms with Crippen LogP contribution in [-0.4, -0.2) is 17.0 Å². The van der Waals surface area contributed by atoms with Crippen molar-refractivity contribution in [3.8, 4) is 0 Å². The molecule has 0 fully saturated rings. The summed E-state index contributed by atoms with van der Waals surface area (Å²) in [6.45, 7) is 0. The highest BCUT2D eigenvalue weighted by atomic mass is 35.5. The van der Waals surface area contributed by atoms with Crippen molar-refractivity contribution in [1.82, 2.24) is 4.98 Å². The van der Waals surface area contributed by atoms with E-state index in [1.807, 2.05) is 0 Å². The normalized spacial score (nSPS) is 10.3. The van der Waals surface area contributed by atoms with Gasteiger partial charge in [-0.3, -0.25) is 10.1 Å². The van der Waals surface area contributed by atoms with E-state index >= 15 is 0 Å². The van der Waals surface area contributed by atoms with Gasteiger partial charge >= 0.3 is 0 Å². The molecule has 0 spiro atoms. The number of rotatable bonds is 4. The molecule has 110 valence electrons. The van der Waals surface area contributed by atoms with E-state index in [0.29, 0.717) is 5.82 Å². The molecule has 6 nitrogen and oxygen atoms in total. The van der Waals surface area contributed by atoms with Crippen LogP contribution in [0, 0.1) is 15.9 Å². The molecule has 1 heterocycles. The van der Waals surface area contributed by atoms with Crippen LogP contribution in [0.5, 0.6) is 0 Å². The molecule has 0 aliphatic heterocycles. The summed E-state index contributed by atoms with van der Waals surface area (Å²) in [6, 6.07) is 4.65. The van der Waals surface area contributed by atoms with Crippen LogP contribution in [0.2, 0.25) is 10.0 Å². The first-order valence-electron chi connectivity index (χ1n) is 5.66. The molecule has 1 aromatic heterocycles. The third kappa shape index (κ3) is 3.50. The van der Waals surface area contributed by atoms with Gasteiger partial charge < -0.3 is 10.6 Å². The predicted molar refractivity (Wildman–Crippen MR) is 80.1 cm³/mol. The second-order valence-corrected chi connectivity index (χ2v) is 4.79. The maximum atomic E-state index is 13.1. The largest absolute Gasteiger partial charge is 0.373 e. The summed E-state index contributed by atoms with van der Waals surface area (Å²) in [5.41, 5.74) is 0.0565. The number of hydrogen-bond acceptors (Lipinski definition) is 5. The molecule has 0 aliphatic carbocycles. The van der Waals surface area contributed by atoms with Gasteiger partial charge in [0.15, 0.2) is 0 Å². The topological polar surface area (TPSA) is 80.1 Å². The minimum atomic E-state index is -0.585. The third-order valence-electron chi connectivity index (χ3n) is 2.54. The van der Waals surface area contributed by atoms with Crippen LogP contribution < -0.4 is 10.6 Å². The fourth-order valence-electron chi connectivity index (χ4n) is 1.60. The minimum absolute atomic E-state index is 0.0410. The third-order valence-corrected chi connectivity index (χ3v) is 3.13. The molecular weight excluding hydrogens is 322 g/mol. The van der Waals surface area contributed by atoms with Crippen molar-refractivity contribution in [3.63, 3.8) is 0 Å². The van der Waals surface area contributed by atoms with Gasteiger partial charge in [0.25, 0.3) is 5.69 Å². The van der Waals surface area contributed by atoms with Gasteiger partial charge in [0.05, 0.1) is 32.8 Å². The summed E-state index contributed by atoms with van der Waals surface area (Å²) >= 11 is 11.8. The first-order chi connectivity index (χ1) is 9.90. The molecule has 0 bridgehead atoms. The van der Waals surface area contributed by atoms with Crippen LogP contribution >= 0.6 is 23.2 Å².